The van der Waals surface area contributed by atoms with Crippen LogP contribution in [0.2, 0.25) is 0 Å². The van der Waals surface area contributed by atoms with Crippen molar-refractivity contribution in [2.75, 3.05) is 23.3 Å². The van der Waals surface area contributed by atoms with E-state index in [-0.39, 0.29) is 0 Å². The van der Waals surface area contributed by atoms with Crippen LogP contribution in [0.15, 0.2) is 48.5 Å². The topological polar surface area (TPSA) is 58.9 Å². The average Bonchev–Trinajstić information content (AvgIpc) is 3.13. The van der Waals surface area contributed by atoms with Gasteiger partial charge in [0.1, 0.15) is 0 Å². The van der Waals surface area contributed by atoms with Crippen molar-refractivity contribution >= 4 is 11.6 Å². The standard InChI is InChI=1S/C20H24N6/c1-15-6-8-19(9-7-15)26-20(22-23-24-26)25-12-10-17(11-13-25)21-18-5-3-4-16(2)14-18/h3-9,14,17,21H,10-13H2,1-2H3. The molecule has 3 aromatic rings. The molecule has 1 N–H and O–H groups in total. The number of rotatable bonds is 4. The Bertz CT molecular complexity index is 862. The van der Waals surface area contributed by atoms with Crippen molar-refractivity contribution in [3.63, 3.8) is 0 Å². The predicted molar refractivity (Wildman–Crippen MR) is 104 cm³/mol. The molecule has 1 aliphatic rings. The third-order valence-corrected chi connectivity index (χ3v) is 4.90. The molecule has 2 aromatic carbocycles. The molecule has 2 heterocycles. The molecule has 1 saturated heterocycles. The Hall–Kier alpha value is -2.89. The number of hydrogen-bond acceptors (Lipinski definition) is 5. The molecular weight excluding hydrogens is 324 g/mol. The van der Waals surface area contributed by atoms with Crippen molar-refractivity contribution in [1.82, 2.24) is 20.2 Å². The van der Waals surface area contributed by atoms with E-state index < -0.39 is 0 Å². The minimum absolute atomic E-state index is 0.483. The number of hydrogen-bond donors (Lipinski definition) is 1. The summed E-state index contributed by atoms with van der Waals surface area (Å²) in [6.07, 6.45) is 2.13. The van der Waals surface area contributed by atoms with Crippen LogP contribution in [-0.4, -0.2) is 39.3 Å². The second-order valence-corrected chi connectivity index (χ2v) is 7.00. The molecule has 1 aliphatic heterocycles. The number of aromatic nitrogens is 4. The minimum Gasteiger partial charge on any atom is -0.382 e. The van der Waals surface area contributed by atoms with Gasteiger partial charge in [0.15, 0.2) is 0 Å². The first-order valence-corrected chi connectivity index (χ1v) is 9.12. The van der Waals surface area contributed by atoms with Crippen molar-refractivity contribution in [1.29, 1.82) is 0 Å². The maximum Gasteiger partial charge on any atom is 0.250 e. The highest BCUT2D eigenvalue weighted by atomic mass is 15.6. The second-order valence-electron chi connectivity index (χ2n) is 7.00. The molecule has 1 aromatic heterocycles. The van der Waals surface area contributed by atoms with E-state index in [2.05, 4.69) is 88.1 Å². The summed E-state index contributed by atoms with van der Waals surface area (Å²) in [5.74, 6) is 0.822. The van der Waals surface area contributed by atoms with Gasteiger partial charge in [0, 0.05) is 24.8 Å². The SMILES string of the molecule is Cc1ccc(-n2nnnc2N2CCC(Nc3cccc(C)c3)CC2)cc1. The smallest absolute Gasteiger partial charge is 0.250 e. The van der Waals surface area contributed by atoms with Crippen LogP contribution in [0.25, 0.3) is 5.69 Å². The monoisotopic (exact) mass is 348 g/mol. The number of tetrazole rings is 1. The summed E-state index contributed by atoms with van der Waals surface area (Å²) in [5, 5.41) is 16.0. The summed E-state index contributed by atoms with van der Waals surface area (Å²) in [7, 11) is 0. The fraction of sp³-hybridized carbons (Fsp3) is 0.350. The van der Waals surface area contributed by atoms with Crippen LogP contribution in [0.3, 0.4) is 0 Å². The molecule has 0 saturated carbocycles. The molecular formula is C20H24N6. The lowest BCUT2D eigenvalue weighted by atomic mass is 10.0. The fourth-order valence-electron chi connectivity index (χ4n) is 3.43. The van der Waals surface area contributed by atoms with Crippen LogP contribution in [0, 0.1) is 13.8 Å². The van der Waals surface area contributed by atoms with Gasteiger partial charge in [-0.25, -0.2) is 0 Å². The molecule has 0 unspecified atom stereocenters. The zero-order valence-corrected chi connectivity index (χ0v) is 15.3. The largest absolute Gasteiger partial charge is 0.382 e. The molecule has 26 heavy (non-hydrogen) atoms. The Labute approximate surface area is 153 Å². The summed E-state index contributed by atoms with van der Waals surface area (Å²) in [4.78, 5) is 2.27. The molecule has 0 atom stereocenters. The van der Waals surface area contributed by atoms with Gasteiger partial charge in [0.05, 0.1) is 5.69 Å². The van der Waals surface area contributed by atoms with Crippen LogP contribution in [-0.2, 0) is 0 Å². The van der Waals surface area contributed by atoms with E-state index in [0.717, 1.165) is 37.6 Å². The van der Waals surface area contributed by atoms with Crippen LogP contribution < -0.4 is 10.2 Å². The van der Waals surface area contributed by atoms with Gasteiger partial charge in [-0.2, -0.15) is 4.68 Å². The van der Waals surface area contributed by atoms with Gasteiger partial charge in [-0.05, 0) is 66.9 Å². The molecule has 6 heteroatoms. The molecule has 0 spiro atoms. The van der Waals surface area contributed by atoms with E-state index in [1.807, 2.05) is 4.68 Å². The lowest BCUT2D eigenvalue weighted by molar-refractivity contribution is 0.516. The maximum absolute atomic E-state index is 4.27. The first-order valence-electron chi connectivity index (χ1n) is 9.12. The first kappa shape index (κ1) is 16.6. The van der Waals surface area contributed by atoms with E-state index in [0.29, 0.717) is 6.04 Å². The van der Waals surface area contributed by atoms with Crippen molar-refractivity contribution in [2.45, 2.75) is 32.7 Å². The molecule has 0 radical (unpaired) electrons. The number of anilines is 2. The third-order valence-electron chi connectivity index (χ3n) is 4.90. The quantitative estimate of drug-likeness (QED) is 0.783. The van der Waals surface area contributed by atoms with Crippen molar-refractivity contribution in [2.24, 2.45) is 0 Å². The van der Waals surface area contributed by atoms with Gasteiger partial charge < -0.3 is 10.2 Å². The number of nitrogens with zero attached hydrogens (tertiary/aromatic N) is 5. The molecule has 0 amide bonds. The highest BCUT2D eigenvalue weighted by Crippen LogP contribution is 2.22. The number of nitrogens with one attached hydrogen (secondary N) is 1. The van der Waals surface area contributed by atoms with Gasteiger partial charge in [-0.1, -0.05) is 34.9 Å². The number of aryl methyl sites for hydroxylation is 2. The van der Waals surface area contributed by atoms with E-state index in [4.69, 9.17) is 0 Å². The lowest BCUT2D eigenvalue weighted by Gasteiger charge is -2.33. The molecule has 134 valence electrons. The third kappa shape index (κ3) is 3.54. The summed E-state index contributed by atoms with van der Waals surface area (Å²) >= 11 is 0. The Kier molecular flexibility index (Phi) is 4.56. The summed E-state index contributed by atoms with van der Waals surface area (Å²) in [5.41, 5.74) is 4.71. The zero-order valence-electron chi connectivity index (χ0n) is 15.3. The van der Waals surface area contributed by atoms with Gasteiger partial charge in [-0.15, -0.1) is 0 Å². The average molecular weight is 348 g/mol. The summed E-state index contributed by atoms with van der Waals surface area (Å²) in [6, 6.07) is 17.3. The molecule has 4 rings (SSSR count). The molecule has 0 aliphatic carbocycles. The van der Waals surface area contributed by atoms with E-state index in [9.17, 15) is 0 Å². The Morgan fingerprint density at radius 1 is 0.962 bits per heavy atom. The summed E-state index contributed by atoms with van der Waals surface area (Å²) < 4.78 is 1.83. The second kappa shape index (κ2) is 7.15. The Morgan fingerprint density at radius 2 is 1.73 bits per heavy atom. The van der Waals surface area contributed by atoms with Crippen LogP contribution in [0.1, 0.15) is 24.0 Å². The van der Waals surface area contributed by atoms with Gasteiger partial charge >= 0.3 is 0 Å². The maximum atomic E-state index is 4.27. The molecule has 1 fully saturated rings. The van der Waals surface area contributed by atoms with Crippen molar-refractivity contribution in [3.8, 4) is 5.69 Å². The predicted octanol–water partition coefficient (Wildman–Crippen LogP) is 3.36. The fourth-order valence-corrected chi connectivity index (χ4v) is 3.43. The Balaban J connectivity index is 1.42. The van der Waals surface area contributed by atoms with Gasteiger partial charge in [0.25, 0.3) is 0 Å². The van der Waals surface area contributed by atoms with Crippen molar-refractivity contribution in [3.05, 3.63) is 59.7 Å². The van der Waals surface area contributed by atoms with E-state index in [1.165, 1.54) is 16.8 Å². The molecule has 6 nitrogen and oxygen atoms in total. The van der Waals surface area contributed by atoms with Gasteiger partial charge in [0.2, 0.25) is 5.95 Å². The van der Waals surface area contributed by atoms with Crippen LogP contribution in [0.4, 0.5) is 11.6 Å². The van der Waals surface area contributed by atoms with E-state index in [1.54, 1.807) is 0 Å². The van der Waals surface area contributed by atoms with Crippen molar-refractivity contribution < 1.29 is 0 Å². The Morgan fingerprint density at radius 3 is 2.46 bits per heavy atom. The van der Waals surface area contributed by atoms with Crippen LogP contribution in [0.5, 0.6) is 0 Å². The van der Waals surface area contributed by atoms with E-state index >= 15 is 0 Å². The highest BCUT2D eigenvalue weighted by Gasteiger charge is 2.23. The number of piperidine rings is 1. The highest BCUT2D eigenvalue weighted by molar-refractivity contribution is 5.47. The molecule has 0 bridgehead atoms. The zero-order chi connectivity index (χ0) is 17.9. The minimum atomic E-state index is 0.483. The van der Waals surface area contributed by atoms with Gasteiger partial charge in [-0.3, -0.25) is 0 Å². The first-order chi connectivity index (χ1) is 12.7. The normalized spacial score (nSPS) is 15.2. The number of benzene rings is 2. The van der Waals surface area contributed by atoms with Crippen LogP contribution >= 0.6 is 0 Å². The lowest BCUT2D eigenvalue weighted by Crippen LogP contribution is -2.40. The summed E-state index contributed by atoms with van der Waals surface area (Å²) in [6.45, 7) is 6.08.